The minimum absolute atomic E-state index is 0.220. The summed E-state index contributed by atoms with van der Waals surface area (Å²) in [5, 5.41) is 3.00. The van der Waals surface area contributed by atoms with Crippen molar-refractivity contribution in [2.45, 2.75) is 13.5 Å². The molecule has 7 heteroatoms. The van der Waals surface area contributed by atoms with Crippen LogP contribution in [0.3, 0.4) is 0 Å². The van der Waals surface area contributed by atoms with Gasteiger partial charge in [-0.15, -0.1) is 4.98 Å². The number of ether oxygens (including phenoxy) is 2. The number of nitrogens with zero attached hydrogens (tertiary/aromatic N) is 3. The summed E-state index contributed by atoms with van der Waals surface area (Å²) in [4.78, 5) is 12.3. The first-order valence-corrected chi connectivity index (χ1v) is 6.92. The molecule has 1 N–H and O–H groups in total. The smallest absolute Gasteiger partial charge is 0.324 e. The Hall–Kier alpha value is -1.89. The maximum atomic E-state index is 5.59. The van der Waals surface area contributed by atoms with Gasteiger partial charge in [-0.25, -0.2) is 0 Å². The summed E-state index contributed by atoms with van der Waals surface area (Å²) in [5.41, 5.74) is 1.01. The molecule has 0 atom stereocenters. The first-order chi connectivity index (χ1) is 9.72. The molecule has 106 valence electrons. The monoisotopic (exact) mass is 338 g/mol. The van der Waals surface area contributed by atoms with Gasteiger partial charge in [-0.3, -0.25) is 0 Å². The van der Waals surface area contributed by atoms with E-state index in [9.17, 15) is 0 Å². The minimum atomic E-state index is 0.220. The summed E-state index contributed by atoms with van der Waals surface area (Å²) < 4.78 is 11.6. The lowest BCUT2D eigenvalue weighted by Gasteiger charge is -2.09. The predicted molar refractivity (Wildman–Crippen MR) is 79.0 cm³/mol. The molecule has 0 spiro atoms. The number of benzene rings is 1. The molecular formula is C13H15BrN4O2. The lowest BCUT2D eigenvalue weighted by Crippen LogP contribution is -2.08. The molecule has 0 unspecified atom stereocenters. The van der Waals surface area contributed by atoms with Crippen LogP contribution in [-0.2, 0) is 6.61 Å². The van der Waals surface area contributed by atoms with Crippen LogP contribution in [0.25, 0.3) is 0 Å². The van der Waals surface area contributed by atoms with Gasteiger partial charge in [0.15, 0.2) is 0 Å². The third-order valence-electron chi connectivity index (χ3n) is 2.43. The molecule has 20 heavy (non-hydrogen) atoms. The fourth-order valence-corrected chi connectivity index (χ4v) is 1.89. The van der Waals surface area contributed by atoms with Crippen molar-refractivity contribution in [3.05, 3.63) is 34.3 Å². The van der Waals surface area contributed by atoms with E-state index >= 15 is 0 Å². The van der Waals surface area contributed by atoms with Crippen molar-refractivity contribution in [1.82, 2.24) is 15.0 Å². The van der Waals surface area contributed by atoms with Gasteiger partial charge in [0.05, 0.1) is 7.11 Å². The van der Waals surface area contributed by atoms with Crippen LogP contribution in [0.1, 0.15) is 12.5 Å². The van der Waals surface area contributed by atoms with Crippen molar-refractivity contribution < 1.29 is 9.47 Å². The molecule has 2 aromatic rings. The molecule has 0 radical (unpaired) electrons. The van der Waals surface area contributed by atoms with Gasteiger partial charge >= 0.3 is 12.0 Å². The third kappa shape index (κ3) is 3.80. The van der Waals surface area contributed by atoms with E-state index in [0.29, 0.717) is 19.1 Å². The highest BCUT2D eigenvalue weighted by molar-refractivity contribution is 9.10. The zero-order chi connectivity index (χ0) is 14.4. The maximum absolute atomic E-state index is 5.59. The number of aromatic nitrogens is 3. The van der Waals surface area contributed by atoms with Crippen molar-refractivity contribution in [3.8, 4) is 12.0 Å². The lowest BCUT2D eigenvalue weighted by atomic mass is 10.2. The molecule has 6 nitrogen and oxygen atoms in total. The van der Waals surface area contributed by atoms with Crippen LogP contribution in [0.2, 0.25) is 0 Å². The SMILES string of the molecule is CCNc1nc(OC)nc(OCc2ccccc2Br)n1. The predicted octanol–water partition coefficient (Wildman–Crippen LogP) is 2.65. The van der Waals surface area contributed by atoms with Crippen LogP contribution >= 0.6 is 15.9 Å². The number of halogens is 1. The molecule has 0 aliphatic rings. The van der Waals surface area contributed by atoms with Crippen LogP contribution in [0, 0.1) is 0 Å². The van der Waals surface area contributed by atoms with E-state index in [2.05, 4.69) is 36.2 Å². The Morgan fingerprint density at radius 1 is 1.15 bits per heavy atom. The van der Waals surface area contributed by atoms with Crippen molar-refractivity contribution in [2.24, 2.45) is 0 Å². The van der Waals surface area contributed by atoms with E-state index in [1.807, 2.05) is 31.2 Å². The average Bonchev–Trinajstić information content (AvgIpc) is 2.46. The zero-order valence-corrected chi connectivity index (χ0v) is 12.8. The van der Waals surface area contributed by atoms with Crippen LogP contribution in [0.5, 0.6) is 12.0 Å². The van der Waals surface area contributed by atoms with E-state index in [1.54, 1.807) is 0 Å². The first kappa shape index (κ1) is 14.5. The number of rotatable bonds is 6. The van der Waals surface area contributed by atoms with Crippen molar-refractivity contribution in [1.29, 1.82) is 0 Å². The molecule has 1 aromatic carbocycles. The molecule has 0 aliphatic heterocycles. The minimum Gasteiger partial charge on any atom is -0.467 e. The largest absolute Gasteiger partial charge is 0.467 e. The number of hydrogen-bond donors (Lipinski definition) is 1. The zero-order valence-electron chi connectivity index (χ0n) is 11.3. The van der Waals surface area contributed by atoms with Gasteiger partial charge in [0.2, 0.25) is 5.95 Å². The van der Waals surface area contributed by atoms with Crippen LogP contribution < -0.4 is 14.8 Å². The summed E-state index contributed by atoms with van der Waals surface area (Å²) >= 11 is 3.47. The van der Waals surface area contributed by atoms with Crippen LogP contribution in [0.15, 0.2) is 28.7 Å². The second kappa shape index (κ2) is 7.04. The molecule has 0 saturated heterocycles. The summed E-state index contributed by atoms with van der Waals surface area (Å²) in [6, 6.07) is 8.26. The van der Waals surface area contributed by atoms with Gasteiger partial charge in [0, 0.05) is 16.6 Å². The summed E-state index contributed by atoms with van der Waals surface area (Å²) in [7, 11) is 1.50. The second-order valence-corrected chi connectivity index (χ2v) is 4.69. The van der Waals surface area contributed by atoms with E-state index in [4.69, 9.17) is 9.47 Å². The first-order valence-electron chi connectivity index (χ1n) is 6.13. The molecule has 0 aliphatic carbocycles. The highest BCUT2D eigenvalue weighted by atomic mass is 79.9. The number of hydrogen-bond acceptors (Lipinski definition) is 6. The Balaban J connectivity index is 2.12. The van der Waals surface area contributed by atoms with Gasteiger partial charge in [-0.2, -0.15) is 9.97 Å². The van der Waals surface area contributed by atoms with E-state index in [-0.39, 0.29) is 12.0 Å². The van der Waals surface area contributed by atoms with Gasteiger partial charge in [0.25, 0.3) is 0 Å². The molecule has 0 fully saturated rings. The van der Waals surface area contributed by atoms with Gasteiger partial charge in [0.1, 0.15) is 6.61 Å². The Morgan fingerprint density at radius 3 is 2.60 bits per heavy atom. The third-order valence-corrected chi connectivity index (χ3v) is 3.20. The number of anilines is 1. The van der Waals surface area contributed by atoms with Crippen LogP contribution in [-0.4, -0.2) is 28.6 Å². The Kier molecular flexibility index (Phi) is 5.11. The Labute approximate surface area is 125 Å². The van der Waals surface area contributed by atoms with Crippen LogP contribution in [0.4, 0.5) is 5.95 Å². The Morgan fingerprint density at radius 2 is 1.90 bits per heavy atom. The van der Waals surface area contributed by atoms with Gasteiger partial charge in [-0.05, 0) is 13.0 Å². The van der Waals surface area contributed by atoms with E-state index in [1.165, 1.54) is 7.11 Å². The van der Waals surface area contributed by atoms with Gasteiger partial charge in [-0.1, -0.05) is 34.1 Å². The standard InChI is InChI=1S/C13H15BrN4O2/c1-3-15-11-16-12(19-2)18-13(17-11)20-8-9-6-4-5-7-10(9)14/h4-7H,3,8H2,1-2H3,(H,15,16,17,18). The molecule has 0 bridgehead atoms. The topological polar surface area (TPSA) is 69.2 Å². The molecule has 0 amide bonds. The number of nitrogens with one attached hydrogen (secondary N) is 1. The summed E-state index contributed by atoms with van der Waals surface area (Å²) in [6.45, 7) is 3.02. The second-order valence-electron chi connectivity index (χ2n) is 3.84. The summed E-state index contributed by atoms with van der Waals surface area (Å²) in [5.74, 6) is 0.432. The average molecular weight is 339 g/mol. The summed E-state index contributed by atoms with van der Waals surface area (Å²) in [6.07, 6.45) is 0. The highest BCUT2D eigenvalue weighted by Gasteiger charge is 2.08. The molecule has 0 saturated carbocycles. The van der Waals surface area contributed by atoms with E-state index < -0.39 is 0 Å². The van der Waals surface area contributed by atoms with Crippen molar-refractivity contribution >= 4 is 21.9 Å². The highest BCUT2D eigenvalue weighted by Crippen LogP contribution is 2.18. The normalized spacial score (nSPS) is 10.2. The van der Waals surface area contributed by atoms with Gasteiger partial charge < -0.3 is 14.8 Å². The lowest BCUT2D eigenvalue weighted by molar-refractivity contribution is 0.270. The fraction of sp³-hybridized carbons (Fsp3) is 0.308. The molecular weight excluding hydrogens is 324 g/mol. The molecule has 1 heterocycles. The fourth-order valence-electron chi connectivity index (χ4n) is 1.49. The maximum Gasteiger partial charge on any atom is 0.324 e. The van der Waals surface area contributed by atoms with Crippen molar-refractivity contribution in [3.63, 3.8) is 0 Å². The van der Waals surface area contributed by atoms with E-state index in [0.717, 1.165) is 10.0 Å². The molecule has 1 aromatic heterocycles. The molecule has 2 rings (SSSR count). The number of methoxy groups -OCH3 is 1. The van der Waals surface area contributed by atoms with Crippen molar-refractivity contribution in [2.75, 3.05) is 19.0 Å². The Bertz CT molecular complexity index is 580. The quantitative estimate of drug-likeness (QED) is 0.873.